The van der Waals surface area contributed by atoms with Gasteiger partial charge in [-0.15, -0.1) is 0 Å². The van der Waals surface area contributed by atoms with Gasteiger partial charge in [0, 0.05) is 12.0 Å². The molecule has 0 aliphatic rings. The van der Waals surface area contributed by atoms with Crippen molar-refractivity contribution in [3.8, 4) is 0 Å². The molecule has 0 fully saturated rings. The number of carbonyl (C=O) groups is 3. The van der Waals surface area contributed by atoms with Crippen molar-refractivity contribution >= 4 is 17.8 Å². The molecule has 0 saturated carbocycles. The van der Waals surface area contributed by atoms with Crippen molar-refractivity contribution in [3.05, 3.63) is 35.4 Å². The van der Waals surface area contributed by atoms with Crippen LogP contribution in [0, 0.1) is 6.92 Å². The number of carbonyl (C=O) groups excluding carboxylic acids is 3. The van der Waals surface area contributed by atoms with Gasteiger partial charge >= 0.3 is 11.9 Å². The molecule has 0 aliphatic carbocycles. The quantitative estimate of drug-likeness (QED) is 0.797. The van der Waals surface area contributed by atoms with Crippen LogP contribution in [0.3, 0.4) is 0 Å². The van der Waals surface area contributed by atoms with Gasteiger partial charge in [0.25, 0.3) is 5.91 Å². The van der Waals surface area contributed by atoms with Crippen LogP contribution in [-0.2, 0) is 19.1 Å². The Balaban J connectivity index is 2.73. The summed E-state index contributed by atoms with van der Waals surface area (Å²) in [5, 5.41) is 2.57. The van der Waals surface area contributed by atoms with Crippen LogP contribution in [-0.4, -0.2) is 38.1 Å². The van der Waals surface area contributed by atoms with Gasteiger partial charge in [-0.25, -0.2) is 4.79 Å². The molecule has 114 valence electrons. The number of rotatable bonds is 6. The Morgan fingerprint density at radius 2 is 1.90 bits per heavy atom. The average molecular weight is 293 g/mol. The summed E-state index contributed by atoms with van der Waals surface area (Å²) < 4.78 is 9.15. The van der Waals surface area contributed by atoms with E-state index in [1.807, 2.05) is 13.0 Å². The fourth-order valence-corrected chi connectivity index (χ4v) is 1.78. The van der Waals surface area contributed by atoms with Gasteiger partial charge in [0.05, 0.1) is 14.2 Å². The molecule has 0 bridgehead atoms. The Morgan fingerprint density at radius 3 is 2.48 bits per heavy atom. The molecule has 0 radical (unpaired) electrons. The van der Waals surface area contributed by atoms with E-state index in [4.69, 9.17) is 0 Å². The Kier molecular flexibility index (Phi) is 6.39. The van der Waals surface area contributed by atoms with E-state index in [-0.39, 0.29) is 18.7 Å². The van der Waals surface area contributed by atoms with Crippen molar-refractivity contribution in [2.75, 3.05) is 14.2 Å². The van der Waals surface area contributed by atoms with Crippen LogP contribution in [0.2, 0.25) is 0 Å². The number of methoxy groups -OCH3 is 2. The van der Waals surface area contributed by atoms with Gasteiger partial charge < -0.3 is 14.8 Å². The number of hydrogen-bond donors (Lipinski definition) is 1. The van der Waals surface area contributed by atoms with Crippen LogP contribution < -0.4 is 5.32 Å². The number of nitrogens with one attached hydrogen (secondary N) is 1. The van der Waals surface area contributed by atoms with Gasteiger partial charge in [-0.2, -0.15) is 0 Å². The minimum absolute atomic E-state index is 0.0182. The molecule has 0 unspecified atom stereocenters. The highest BCUT2D eigenvalue weighted by atomic mass is 16.5. The third-order valence-corrected chi connectivity index (χ3v) is 2.94. The van der Waals surface area contributed by atoms with Crippen molar-refractivity contribution in [1.29, 1.82) is 0 Å². The normalized spacial score (nSPS) is 11.4. The molecule has 6 nitrogen and oxygen atoms in total. The zero-order valence-corrected chi connectivity index (χ0v) is 12.3. The molecular weight excluding hydrogens is 274 g/mol. The molecule has 0 heterocycles. The zero-order valence-electron chi connectivity index (χ0n) is 12.3. The number of esters is 2. The van der Waals surface area contributed by atoms with Crippen LogP contribution in [0.4, 0.5) is 0 Å². The van der Waals surface area contributed by atoms with Gasteiger partial charge in [-0.1, -0.05) is 17.7 Å². The monoisotopic (exact) mass is 293 g/mol. The summed E-state index contributed by atoms with van der Waals surface area (Å²) in [6.07, 6.45) is 0.140. The van der Waals surface area contributed by atoms with Gasteiger partial charge in [0.1, 0.15) is 6.04 Å². The molecule has 1 atom stereocenters. The number of ether oxygens (including phenoxy) is 2. The Morgan fingerprint density at radius 1 is 1.19 bits per heavy atom. The summed E-state index contributed by atoms with van der Waals surface area (Å²) >= 11 is 0. The molecule has 6 heteroatoms. The topological polar surface area (TPSA) is 81.7 Å². The molecule has 0 saturated heterocycles. The molecule has 1 amide bonds. The van der Waals surface area contributed by atoms with Crippen molar-refractivity contribution < 1.29 is 23.9 Å². The lowest BCUT2D eigenvalue weighted by Gasteiger charge is -2.16. The molecule has 1 rings (SSSR count). The number of aryl methyl sites for hydroxylation is 1. The highest BCUT2D eigenvalue weighted by Crippen LogP contribution is 2.07. The van der Waals surface area contributed by atoms with E-state index in [1.54, 1.807) is 18.2 Å². The number of benzene rings is 1. The standard InChI is InChI=1S/C15H19NO5/c1-10-5-4-6-11(9-10)14(18)16-12(15(19)21-3)7-8-13(17)20-2/h4-6,9,12H,7-8H2,1-3H3,(H,16,18)/t12-/m0/s1. The second kappa shape index (κ2) is 8.04. The highest BCUT2D eigenvalue weighted by Gasteiger charge is 2.23. The third-order valence-electron chi connectivity index (χ3n) is 2.94. The summed E-state index contributed by atoms with van der Waals surface area (Å²) in [7, 11) is 2.49. The van der Waals surface area contributed by atoms with E-state index in [1.165, 1.54) is 14.2 Å². The van der Waals surface area contributed by atoms with E-state index in [0.29, 0.717) is 5.56 Å². The zero-order chi connectivity index (χ0) is 15.8. The third kappa shape index (κ3) is 5.25. The molecule has 0 aliphatic heterocycles. The van der Waals surface area contributed by atoms with Crippen LogP contribution in [0.5, 0.6) is 0 Å². The SMILES string of the molecule is COC(=O)CC[C@H](NC(=O)c1cccc(C)c1)C(=O)OC. The van der Waals surface area contributed by atoms with Crippen LogP contribution in [0.15, 0.2) is 24.3 Å². The summed E-state index contributed by atoms with van der Waals surface area (Å²) in [5.74, 6) is -1.44. The fraction of sp³-hybridized carbons (Fsp3) is 0.400. The summed E-state index contributed by atoms with van der Waals surface area (Å²) in [5.41, 5.74) is 1.38. The second-order valence-electron chi connectivity index (χ2n) is 4.53. The van der Waals surface area contributed by atoms with Crippen LogP contribution in [0.1, 0.15) is 28.8 Å². The first-order valence-corrected chi connectivity index (χ1v) is 6.50. The largest absolute Gasteiger partial charge is 0.469 e. The summed E-state index contributed by atoms with van der Waals surface area (Å²) in [4.78, 5) is 34.9. The fourth-order valence-electron chi connectivity index (χ4n) is 1.78. The Bertz CT molecular complexity index is 527. The van der Waals surface area contributed by atoms with E-state index in [0.717, 1.165) is 5.56 Å². The molecule has 0 aromatic heterocycles. The van der Waals surface area contributed by atoms with Crippen LogP contribution in [0.25, 0.3) is 0 Å². The molecular formula is C15H19NO5. The maximum absolute atomic E-state index is 12.1. The number of amides is 1. The average Bonchev–Trinajstić information content (AvgIpc) is 2.49. The van der Waals surface area contributed by atoms with Crippen molar-refractivity contribution in [2.45, 2.75) is 25.8 Å². The minimum atomic E-state index is -0.887. The molecule has 0 spiro atoms. The van der Waals surface area contributed by atoms with E-state index in [2.05, 4.69) is 14.8 Å². The summed E-state index contributed by atoms with van der Waals surface area (Å²) in [6, 6.07) is 6.10. The molecule has 1 aromatic rings. The van der Waals surface area contributed by atoms with Crippen molar-refractivity contribution in [3.63, 3.8) is 0 Å². The lowest BCUT2D eigenvalue weighted by Crippen LogP contribution is -2.41. The van der Waals surface area contributed by atoms with Crippen molar-refractivity contribution in [2.24, 2.45) is 0 Å². The second-order valence-corrected chi connectivity index (χ2v) is 4.53. The van der Waals surface area contributed by atoms with Gasteiger partial charge in [0.2, 0.25) is 0 Å². The smallest absolute Gasteiger partial charge is 0.328 e. The first kappa shape index (κ1) is 16.7. The molecule has 21 heavy (non-hydrogen) atoms. The molecule has 1 aromatic carbocycles. The van der Waals surface area contributed by atoms with Gasteiger partial charge in [-0.3, -0.25) is 9.59 Å². The van der Waals surface area contributed by atoms with E-state index in [9.17, 15) is 14.4 Å². The maximum atomic E-state index is 12.1. The minimum Gasteiger partial charge on any atom is -0.469 e. The lowest BCUT2D eigenvalue weighted by molar-refractivity contribution is -0.144. The Labute approximate surface area is 123 Å². The van der Waals surface area contributed by atoms with E-state index < -0.39 is 18.0 Å². The first-order chi connectivity index (χ1) is 9.97. The lowest BCUT2D eigenvalue weighted by atomic mass is 10.1. The maximum Gasteiger partial charge on any atom is 0.328 e. The van der Waals surface area contributed by atoms with E-state index >= 15 is 0 Å². The predicted molar refractivity (Wildman–Crippen MR) is 75.7 cm³/mol. The number of hydrogen-bond acceptors (Lipinski definition) is 5. The highest BCUT2D eigenvalue weighted by molar-refractivity contribution is 5.97. The molecule has 1 N–H and O–H groups in total. The van der Waals surface area contributed by atoms with Crippen LogP contribution >= 0.6 is 0 Å². The Hall–Kier alpha value is -2.37. The summed E-state index contributed by atoms with van der Waals surface area (Å²) in [6.45, 7) is 1.87. The van der Waals surface area contributed by atoms with Gasteiger partial charge in [0.15, 0.2) is 0 Å². The van der Waals surface area contributed by atoms with Crippen molar-refractivity contribution in [1.82, 2.24) is 5.32 Å². The first-order valence-electron chi connectivity index (χ1n) is 6.50. The predicted octanol–water partition coefficient (Wildman–Crippen LogP) is 1.22. The van der Waals surface area contributed by atoms with Gasteiger partial charge in [-0.05, 0) is 25.5 Å².